The average molecular weight is 647 g/mol. The molecule has 0 spiro atoms. The van der Waals surface area contributed by atoms with Crippen molar-refractivity contribution < 1.29 is 14.3 Å². The van der Waals surface area contributed by atoms with Crippen molar-refractivity contribution >= 4 is 60.7 Å². The molecule has 1 aliphatic heterocycles. The molecule has 46 heavy (non-hydrogen) atoms. The first-order chi connectivity index (χ1) is 22.6. The zero-order valence-corrected chi connectivity index (χ0v) is 26.4. The van der Waals surface area contributed by atoms with E-state index >= 15 is 0 Å². The molecular weight excluding hydrogens is 617 g/mol. The van der Waals surface area contributed by atoms with Gasteiger partial charge in [-0.15, -0.1) is 11.3 Å². The van der Waals surface area contributed by atoms with Crippen molar-refractivity contribution in [2.75, 3.05) is 28.7 Å². The molecule has 4 heterocycles. The zero-order chi connectivity index (χ0) is 31.3. The van der Waals surface area contributed by atoms with Crippen LogP contribution < -0.4 is 20.3 Å². The van der Waals surface area contributed by atoms with Gasteiger partial charge in [-0.2, -0.15) is 0 Å². The molecule has 7 rings (SSSR count). The molecule has 230 valence electrons. The Labute approximate surface area is 273 Å². The second kappa shape index (κ2) is 13.5. The van der Waals surface area contributed by atoms with Gasteiger partial charge in [0.2, 0.25) is 0 Å². The Bertz CT molecular complexity index is 1960. The number of amides is 2. The highest BCUT2D eigenvalue weighted by atomic mass is 32.1. The fourth-order valence-corrected chi connectivity index (χ4v) is 7.42. The molecule has 0 saturated carbocycles. The number of anilines is 3. The van der Waals surface area contributed by atoms with Crippen molar-refractivity contribution in [3.63, 3.8) is 0 Å². The van der Waals surface area contributed by atoms with E-state index in [-0.39, 0.29) is 11.8 Å². The largest absolute Gasteiger partial charge is 0.494 e. The van der Waals surface area contributed by atoms with E-state index in [1.54, 1.807) is 24.5 Å². The number of nitrogens with zero attached hydrogens (tertiary/aromatic N) is 4. The Morgan fingerprint density at radius 1 is 0.870 bits per heavy atom. The maximum Gasteiger partial charge on any atom is 0.275 e. The van der Waals surface area contributed by atoms with Crippen LogP contribution in [-0.4, -0.2) is 39.9 Å². The molecule has 2 N–H and O–H groups in total. The fraction of sp³-hybridized carbons (Fsp3) is 0.171. The molecule has 0 atom stereocenters. The van der Waals surface area contributed by atoms with Crippen molar-refractivity contribution in [2.24, 2.45) is 0 Å². The molecule has 11 heteroatoms. The van der Waals surface area contributed by atoms with E-state index < -0.39 is 0 Å². The molecule has 0 fully saturated rings. The van der Waals surface area contributed by atoms with Gasteiger partial charge in [0.25, 0.3) is 11.8 Å². The number of ether oxygens (including phenoxy) is 1. The number of aromatic nitrogens is 3. The Morgan fingerprint density at radius 2 is 1.74 bits per heavy atom. The van der Waals surface area contributed by atoms with Crippen LogP contribution in [0.2, 0.25) is 0 Å². The minimum atomic E-state index is -0.275. The monoisotopic (exact) mass is 646 g/mol. The van der Waals surface area contributed by atoms with Gasteiger partial charge in [-0.25, -0.2) is 9.97 Å². The highest BCUT2D eigenvalue weighted by Gasteiger charge is 2.27. The molecule has 3 aromatic heterocycles. The predicted molar refractivity (Wildman–Crippen MR) is 183 cm³/mol. The topological polar surface area (TPSA) is 109 Å². The van der Waals surface area contributed by atoms with Crippen LogP contribution in [0.1, 0.15) is 43.3 Å². The van der Waals surface area contributed by atoms with E-state index in [2.05, 4.69) is 31.6 Å². The quantitative estimate of drug-likeness (QED) is 0.151. The summed E-state index contributed by atoms with van der Waals surface area (Å²) in [6.45, 7) is 1.75. The summed E-state index contributed by atoms with van der Waals surface area (Å²) in [5, 5.41) is 7.27. The molecular formula is C35H30N6O3S2. The summed E-state index contributed by atoms with van der Waals surface area (Å²) in [6, 6.07) is 27.0. The van der Waals surface area contributed by atoms with E-state index in [1.807, 2.05) is 66.7 Å². The number of carbonyl (C=O) groups is 2. The lowest BCUT2D eigenvalue weighted by molar-refractivity contribution is 0.101. The van der Waals surface area contributed by atoms with Crippen LogP contribution in [0.3, 0.4) is 0 Å². The number of rotatable bonds is 10. The lowest BCUT2D eigenvalue weighted by Crippen LogP contribution is -2.32. The number of fused-ring (bicyclic) bond motifs is 2. The molecule has 0 unspecified atom stereocenters. The van der Waals surface area contributed by atoms with Crippen LogP contribution in [0.15, 0.2) is 97.3 Å². The summed E-state index contributed by atoms with van der Waals surface area (Å²) in [5.41, 5.74) is 4.58. The van der Waals surface area contributed by atoms with Crippen molar-refractivity contribution in [2.45, 2.75) is 25.8 Å². The number of carbonyl (C=O) groups excluding carboxylic acids is 2. The molecule has 6 aromatic rings. The third kappa shape index (κ3) is 6.60. The number of aryl methyl sites for hydroxylation is 1. The van der Waals surface area contributed by atoms with E-state index in [0.717, 1.165) is 56.5 Å². The minimum Gasteiger partial charge on any atom is -0.494 e. The smallest absolute Gasteiger partial charge is 0.275 e. The Kier molecular flexibility index (Phi) is 8.66. The van der Waals surface area contributed by atoms with Gasteiger partial charge in [-0.1, -0.05) is 53.8 Å². The van der Waals surface area contributed by atoms with Crippen LogP contribution in [0.25, 0.3) is 10.2 Å². The summed E-state index contributed by atoms with van der Waals surface area (Å²) in [7, 11) is 0. The van der Waals surface area contributed by atoms with E-state index in [1.165, 1.54) is 22.7 Å². The Hall–Kier alpha value is -5.13. The summed E-state index contributed by atoms with van der Waals surface area (Å²) in [6.07, 6.45) is 5.40. The third-order valence-corrected chi connectivity index (χ3v) is 9.81. The normalized spacial score (nSPS) is 12.5. The van der Waals surface area contributed by atoms with Gasteiger partial charge in [0.1, 0.15) is 11.4 Å². The molecule has 2 amide bonds. The van der Waals surface area contributed by atoms with Crippen LogP contribution >= 0.6 is 22.7 Å². The minimum absolute atomic E-state index is 0.187. The number of pyridine rings is 1. The van der Waals surface area contributed by atoms with Gasteiger partial charge in [-0.3, -0.25) is 19.9 Å². The van der Waals surface area contributed by atoms with Crippen molar-refractivity contribution in [3.05, 3.63) is 125 Å². The Balaban J connectivity index is 1.11. The molecule has 9 nitrogen and oxygen atoms in total. The van der Waals surface area contributed by atoms with Crippen LogP contribution in [0, 0.1) is 0 Å². The van der Waals surface area contributed by atoms with E-state index in [4.69, 9.17) is 9.72 Å². The maximum atomic E-state index is 13.5. The van der Waals surface area contributed by atoms with Gasteiger partial charge < -0.3 is 15.0 Å². The highest BCUT2D eigenvalue weighted by molar-refractivity contribution is 7.22. The van der Waals surface area contributed by atoms with Crippen LogP contribution in [-0.2, 0) is 19.4 Å². The van der Waals surface area contributed by atoms with Crippen LogP contribution in [0.4, 0.5) is 16.0 Å². The molecule has 1 aliphatic rings. The van der Waals surface area contributed by atoms with Gasteiger partial charge in [0.05, 0.1) is 28.7 Å². The molecule has 3 aromatic carbocycles. The maximum absolute atomic E-state index is 13.5. The third-order valence-electron chi connectivity index (χ3n) is 7.68. The summed E-state index contributed by atoms with van der Waals surface area (Å²) < 4.78 is 6.93. The second-order valence-electron chi connectivity index (χ2n) is 10.8. The number of nitrogens with one attached hydrogen (secondary N) is 2. The average Bonchev–Trinajstić information content (AvgIpc) is 3.71. The highest BCUT2D eigenvalue weighted by Crippen LogP contribution is 2.34. The Morgan fingerprint density at radius 3 is 2.59 bits per heavy atom. The van der Waals surface area contributed by atoms with Crippen LogP contribution in [0.5, 0.6) is 5.75 Å². The first-order valence-electron chi connectivity index (χ1n) is 15.0. The second-order valence-corrected chi connectivity index (χ2v) is 12.9. The number of thiazole rings is 2. The van der Waals surface area contributed by atoms with Gasteiger partial charge in [-0.05, 0) is 72.9 Å². The van der Waals surface area contributed by atoms with Crippen molar-refractivity contribution in [1.82, 2.24) is 15.0 Å². The van der Waals surface area contributed by atoms with Crippen molar-refractivity contribution in [3.8, 4) is 5.75 Å². The number of hydrogen-bond donors (Lipinski definition) is 2. The van der Waals surface area contributed by atoms with Crippen molar-refractivity contribution in [1.29, 1.82) is 0 Å². The summed E-state index contributed by atoms with van der Waals surface area (Å²) in [4.78, 5) is 43.6. The summed E-state index contributed by atoms with van der Waals surface area (Å²) in [5.74, 6) is 0.354. The summed E-state index contributed by atoms with van der Waals surface area (Å²) >= 11 is 2.98. The fourth-order valence-electron chi connectivity index (χ4n) is 5.43. The lowest BCUT2D eigenvalue weighted by atomic mass is 9.94. The first kappa shape index (κ1) is 29.6. The lowest BCUT2D eigenvalue weighted by Gasteiger charge is -2.29. The zero-order valence-electron chi connectivity index (χ0n) is 24.8. The number of para-hydroxylation sites is 2. The molecule has 0 aliphatic carbocycles. The molecule has 0 bridgehead atoms. The SMILES string of the molecule is O=C(Nc1nc2ccccc2s1)c1cccc2c1CN(c1nc(C(=O)Nc3cccnc3)c(CCCOc3ccccc3)s1)CC2. The van der Waals surface area contributed by atoms with E-state index in [0.29, 0.717) is 41.6 Å². The number of benzene rings is 3. The van der Waals surface area contributed by atoms with Gasteiger partial charge >= 0.3 is 0 Å². The predicted octanol–water partition coefficient (Wildman–Crippen LogP) is 7.23. The van der Waals surface area contributed by atoms with Gasteiger partial charge in [0, 0.05) is 29.7 Å². The standard InChI is InChI=1S/C35H30N6O3S2/c42-32(40-34-38-28-14-4-5-15-29(28)45-34)26-13-6-9-23-17-19-41(22-27(23)26)35-39-31(33(43)37-24-10-7-18-36-21-24)30(46-35)16-8-20-44-25-11-2-1-3-12-25/h1-7,9-15,18,21H,8,16-17,19-20,22H2,(H,37,43)(H,38,40,42). The molecule has 0 radical (unpaired) electrons. The molecule has 0 saturated heterocycles. The van der Waals surface area contributed by atoms with E-state index in [9.17, 15) is 9.59 Å². The first-order valence-corrected chi connectivity index (χ1v) is 16.7. The van der Waals surface area contributed by atoms with Gasteiger partial charge in [0.15, 0.2) is 10.3 Å². The number of hydrogen-bond acceptors (Lipinski definition) is 9.